The van der Waals surface area contributed by atoms with Crippen LogP contribution in [0.3, 0.4) is 0 Å². The molecule has 2 rings (SSSR count). The highest BCUT2D eigenvalue weighted by Gasteiger charge is 2.41. The maximum Gasteiger partial charge on any atom is 0.123 e. The Bertz CT molecular complexity index is 279. The van der Waals surface area contributed by atoms with Crippen LogP contribution in [0.15, 0.2) is 24.3 Å². The minimum Gasteiger partial charge on any atom is -0.365 e. The van der Waals surface area contributed by atoms with E-state index in [1.165, 1.54) is 12.1 Å². The maximum atomic E-state index is 12.7. The van der Waals surface area contributed by atoms with E-state index in [-0.39, 0.29) is 11.4 Å². The Labute approximate surface area is 64.8 Å². The highest BCUT2D eigenvalue weighted by Crippen LogP contribution is 2.37. The fraction of sp³-hybridized carbons (Fsp3) is 0.333. The molecule has 0 aliphatic carbocycles. The van der Waals surface area contributed by atoms with Gasteiger partial charge in [-0.2, -0.15) is 0 Å². The van der Waals surface area contributed by atoms with Crippen LogP contribution in [0.1, 0.15) is 12.5 Å². The van der Waals surface area contributed by atoms with Crippen molar-refractivity contribution in [1.29, 1.82) is 0 Å². The molecule has 1 fully saturated rings. The predicted octanol–water partition coefficient (Wildman–Crippen LogP) is 2.07. The third kappa shape index (κ3) is 1.14. The van der Waals surface area contributed by atoms with Crippen LogP contribution in [0.2, 0.25) is 0 Å². The van der Waals surface area contributed by atoms with E-state index in [1.54, 1.807) is 6.07 Å². The zero-order valence-corrected chi connectivity index (χ0v) is 6.30. The van der Waals surface area contributed by atoms with Crippen molar-refractivity contribution >= 4 is 0 Å². The van der Waals surface area contributed by atoms with Crippen molar-refractivity contribution in [2.75, 3.05) is 6.61 Å². The van der Waals surface area contributed by atoms with E-state index in [4.69, 9.17) is 4.74 Å². The Morgan fingerprint density at radius 2 is 2.27 bits per heavy atom. The SMILES string of the molecule is CC1(c2cccc(F)c2)CO1. The van der Waals surface area contributed by atoms with Crippen molar-refractivity contribution in [3.8, 4) is 0 Å². The summed E-state index contributed by atoms with van der Waals surface area (Å²) in [6.45, 7) is 2.66. The number of epoxide rings is 1. The van der Waals surface area contributed by atoms with Gasteiger partial charge in [-0.3, -0.25) is 0 Å². The van der Waals surface area contributed by atoms with E-state index < -0.39 is 0 Å². The van der Waals surface area contributed by atoms with E-state index in [9.17, 15) is 4.39 Å². The summed E-state index contributed by atoms with van der Waals surface area (Å²) in [6.07, 6.45) is 0. The Hall–Kier alpha value is -0.890. The van der Waals surface area contributed by atoms with Crippen molar-refractivity contribution in [2.45, 2.75) is 12.5 Å². The van der Waals surface area contributed by atoms with Gasteiger partial charge in [-0.1, -0.05) is 12.1 Å². The number of benzene rings is 1. The first kappa shape index (κ1) is 6.80. The standard InChI is InChI=1S/C9H9FO/c1-9(6-11-9)7-3-2-4-8(10)5-7/h2-5H,6H2,1H3. The Morgan fingerprint density at radius 1 is 1.55 bits per heavy atom. The van der Waals surface area contributed by atoms with Crippen LogP contribution in [-0.4, -0.2) is 6.61 Å². The zero-order chi connectivity index (χ0) is 7.90. The van der Waals surface area contributed by atoms with Gasteiger partial charge >= 0.3 is 0 Å². The predicted molar refractivity (Wildman–Crippen MR) is 39.7 cm³/mol. The quantitative estimate of drug-likeness (QED) is 0.561. The smallest absolute Gasteiger partial charge is 0.123 e. The number of rotatable bonds is 1. The first-order chi connectivity index (χ1) is 5.21. The number of halogens is 1. The molecule has 1 nitrogen and oxygen atoms in total. The van der Waals surface area contributed by atoms with E-state index in [0.717, 1.165) is 5.56 Å². The summed E-state index contributed by atoms with van der Waals surface area (Å²) >= 11 is 0. The molecular weight excluding hydrogens is 143 g/mol. The molecule has 0 radical (unpaired) electrons. The van der Waals surface area contributed by atoms with Crippen LogP contribution in [0.25, 0.3) is 0 Å². The molecule has 1 saturated heterocycles. The van der Waals surface area contributed by atoms with Gasteiger partial charge in [0, 0.05) is 0 Å². The molecule has 2 heteroatoms. The molecule has 0 amide bonds. The lowest BCUT2D eigenvalue weighted by Gasteiger charge is -2.03. The molecule has 1 heterocycles. The lowest BCUT2D eigenvalue weighted by Crippen LogP contribution is -2.01. The minimum absolute atomic E-state index is 0.195. The van der Waals surface area contributed by atoms with Gasteiger partial charge in [0.05, 0.1) is 6.61 Å². The third-order valence-corrected chi connectivity index (χ3v) is 2.01. The molecule has 1 aliphatic heterocycles. The average Bonchev–Trinajstić information content (AvgIpc) is 2.70. The summed E-state index contributed by atoms with van der Waals surface area (Å²) in [7, 11) is 0. The lowest BCUT2D eigenvalue weighted by molar-refractivity contribution is 0.328. The average molecular weight is 152 g/mol. The van der Waals surface area contributed by atoms with Gasteiger partial charge in [-0.25, -0.2) is 4.39 Å². The van der Waals surface area contributed by atoms with Gasteiger partial charge < -0.3 is 4.74 Å². The molecule has 1 unspecified atom stereocenters. The fourth-order valence-electron chi connectivity index (χ4n) is 1.09. The summed E-state index contributed by atoms with van der Waals surface area (Å²) in [5, 5.41) is 0. The van der Waals surface area contributed by atoms with E-state index >= 15 is 0 Å². The monoisotopic (exact) mass is 152 g/mol. The Morgan fingerprint density at radius 3 is 2.82 bits per heavy atom. The maximum absolute atomic E-state index is 12.7. The first-order valence-electron chi connectivity index (χ1n) is 3.61. The highest BCUT2D eigenvalue weighted by atomic mass is 19.1. The van der Waals surface area contributed by atoms with Crippen molar-refractivity contribution in [3.05, 3.63) is 35.6 Å². The first-order valence-corrected chi connectivity index (χ1v) is 3.61. The second-order valence-corrected chi connectivity index (χ2v) is 3.03. The largest absolute Gasteiger partial charge is 0.365 e. The Kier molecular flexibility index (Phi) is 1.26. The van der Waals surface area contributed by atoms with Gasteiger partial charge in [0.2, 0.25) is 0 Å². The summed E-state index contributed by atoms with van der Waals surface area (Å²) in [5.74, 6) is -0.195. The summed E-state index contributed by atoms with van der Waals surface area (Å²) < 4.78 is 17.8. The van der Waals surface area contributed by atoms with E-state index in [1.807, 2.05) is 13.0 Å². The molecule has 1 atom stereocenters. The van der Waals surface area contributed by atoms with Crippen LogP contribution in [-0.2, 0) is 10.3 Å². The highest BCUT2D eigenvalue weighted by molar-refractivity contribution is 5.26. The van der Waals surface area contributed by atoms with Crippen molar-refractivity contribution < 1.29 is 9.13 Å². The molecule has 0 aromatic heterocycles. The van der Waals surface area contributed by atoms with Crippen molar-refractivity contribution in [3.63, 3.8) is 0 Å². The van der Waals surface area contributed by atoms with E-state index in [2.05, 4.69) is 0 Å². The fourth-order valence-corrected chi connectivity index (χ4v) is 1.09. The van der Waals surface area contributed by atoms with Gasteiger partial charge in [0.25, 0.3) is 0 Å². The third-order valence-electron chi connectivity index (χ3n) is 2.01. The van der Waals surface area contributed by atoms with Crippen LogP contribution < -0.4 is 0 Å². The van der Waals surface area contributed by atoms with Crippen LogP contribution in [0, 0.1) is 5.82 Å². The van der Waals surface area contributed by atoms with Crippen molar-refractivity contribution in [1.82, 2.24) is 0 Å². The second-order valence-electron chi connectivity index (χ2n) is 3.03. The molecule has 0 bridgehead atoms. The molecule has 1 aromatic carbocycles. The summed E-state index contributed by atoms with van der Waals surface area (Å²) in [4.78, 5) is 0. The summed E-state index contributed by atoms with van der Waals surface area (Å²) in [5.41, 5.74) is 0.722. The van der Waals surface area contributed by atoms with Crippen LogP contribution in [0.5, 0.6) is 0 Å². The van der Waals surface area contributed by atoms with Crippen molar-refractivity contribution in [2.24, 2.45) is 0 Å². The molecule has 11 heavy (non-hydrogen) atoms. The molecule has 1 aromatic rings. The number of hydrogen-bond donors (Lipinski definition) is 0. The van der Waals surface area contributed by atoms with Gasteiger partial charge in [0.15, 0.2) is 0 Å². The van der Waals surface area contributed by atoms with Crippen LogP contribution >= 0.6 is 0 Å². The molecule has 0 N–H and O–H groups in total. The molecule has 0 spiro atoms. The number of hydrogen-bond acceptors (Lipinski definition) is 1. The minimum atomic E-state index is -0.206. The van der Waals surface area contributed by atoms with E-state index in [0.29, 0.717) is 6.61 Å². The van der Waals surface area contributed by atoms with Crippen LogP contribution in [0.4, 0.5) is 4.39 Å². The second kappa shape index (κ2) is 2.05. The Balaban J connectivity index is 2.38. The van der Waals surface area contributed by atoms with Gasteiger partial charge in [-0.05, 0) is 24.6 Å². The zero-order valence-electron chi connectivity index (χ0n) is 6.30. The molecule has 1 aliphatic rings. The number of ether oxygens (including phenoxy) is 1. The van der Waals surface area contributed by atoms with Gasteiger partial charge in [-0.15, -0.1) is 0 Å². The molecule has 58 valence electrons. The topological polar surface area (TPSA) is 12.5 Å². The normalized spacial score (nSPS) is 28.5. The molecule has 0 saturated carbocycles. The lowest BCUT2D eigenvalue weighted by atomic mass is 10.0. The van der Waals surface area contributed by atoms with Gasteiger partial charge in [0.1, 0.15) is 11.4 Å². The summed E-state index contributed by atoms with van der Waals surface area (Å²) in [6, 6.07) is 6.55. The molecular formula is C9H9FO.